The fourth-order valence-electron chi connectivity index (χ4n) is 2.28. The quantitative estimate of drug-likeness (QED) is 0.538. The van der Waals surface area contributed by atoms with Crippen molar-refractivity contribution in [1.82, 2.24) is 0 Å². The predicted octanol–water partition coefficient (Wildman–Crippen LogP) is 3.41. The molecule has 1 aromatic rings. The van der Waals surface area contributed by atoms with E-state index in [9.17, 15) is 27.2 Å². The van der Waals surface area contributed by atoms with Gasteiger partial charge in [-0.25, -0.2) is 9.59 Å². The maximum Gasteiger partial charge on any atom is 0.461 e. The summed E-state index contributed by atoms with van der Waals surface area (Å²) in [6, 6.07) is 4.94. The van der Waals surface area contributed by atoms with Gasteiger partial charge >= 0.3 is 24.5 Å². The Morgan fingerprint density at radius 2 is 1.68 bits per heavy atom. The largest absolute Gasteiger partial charge is 0.465 e. The van der Waals surface area contributed by atoms with Crippen LogP contribution in [0.25, 0.3) is 0 Å². The van der Waals surface area contributed by atoms with Crippen molar-refractivity contribution in [1.29, 1.82) is 0 Å². The van der Waals surface area contributed by atoms with Crippen molar-refractivity contribution in [3.63, 3.8) is 0 Å². The number of nitrogens with zero attached hydrogens (tertiary/aromatic N) is 1. The summed E-state index contributed by atoms with van der Waals surface area (Å²) in [6.07, 6.45) is -3.56. The predicted molar refractivity (Wildman–Crippen MR) is 89.8 cm³/mol. The van der Waals surface area contributed by atoms with E-state index in [4.69, 9.17) is 0 Å². The van der Waals surface area contributed by atoms with Crippen molar-refractivity contribution in [3.05, 3.63) is 60.0 Å². The van der Waals surface area contributed by atoms with Gasteiger partial charge in [0.2, 0.25) is 0 Å². The number of hydrogen-bond acceptors (Lipinski definition) is 6. The fourth-order valence-corrected chi connectivity index (χ4v) is 2.28. The standard InChI is InChI=1S/C18H15F4NO5/c1-26-15(24)11-7-5-6-10-23(14(11)16(25)27-2)12-8-3-4-9-13(12)28-18(21,22)17(19)20/h3-10,17H,1-2H3. The lowest BCUT2D eigenvalue weighted by Gasteiger charge is -2.26. The summed E-state index contributed by atoms with van der Waals surface area (Å²) in [5, 5.41) is 0. The maximum absolute atomic E-state index is 13.4. The first kappa shape index (κ1) is 21.0. The molecule has 1 aromatic carbocycles. The molecule has 0 atom stereocenters. The number of halogens is 4. The molecule has 0 spiro atoms. The number of benzene rings is 1. The molecule has 6 nitrogen and oxygen atoms in total. The van der Waals surface area contributed by atoms with Gasteiger partial charge in [-0.3, -0.25) is 0 Å². The smallest absolute Gasteiger partial charge is 0.461 e. The van der Waals surface area contributed by atoms with Gasteiger partial charge in [0.1, 0.15) is 5.70 Å². The molecule has 1 aliphatic rings. The molecular weight excluding hydrogens is 386 g/mol. The average Bonchev–Trinajstić information content (AvgIpc) is 2.89. The van der Waals surface area contributed by atoms with Gasteiger partial charge in [-0.1, -0.05) is 18.2 Å². The molecule has 1 heterocycles. The summed E-state index contributed by atoms with van der Waals surface area (Å²) in [5.41, 5.74) is -0.824. The molecule has 0 unspecified atom stereocenters. The molecular formula is C18H15F4NO5. The Kier molecular flexibility index (Phi) is 6.45. The maximum atomic E-state index is 13.4. The van der Waals surface area contributed by atoms with Crippen LogP contribution in [0.2, 0.25) is 0 Å². The number of alkyl halides is 4. The minimum atomic E-state index is -4.77. The molecule has 0 aromatic heterocycles. The SMILES string of the molecule is COC(=O)C1=C(C(=O)OC)N(c2ccccc2OC(F)(F)C(F)F)C=CC=C1. The summed E-state index contributed by atoms with van der Waals surface area (Å²) >= 11 is 0. The number of hydrogen-bond donors (Lipinski definition) is 0. The summed E-state index contributed by atoms with van der Waals surface area (Å²) in [5.74, 6) is -2.54. The molecule has 0 fully saturated rings. The van der Waals surface area contributed by atoms with Crippen LogP contribution < -0.4 is 9.64 Å². The molecule has 0 bridgehead atoms. The van der Waals surface area contributed by atoms with Gasteiger partial charge < -0.3 is 19.1 Å². The number of esters is 2. The lowest BCUT2D eigenvalue weighted by atomic mass is 10.1. The van der Waals surface area contributed by atoms with Gasteiger partial charge in [-0.15, -0.1) is 0 Å². The van der Waals surface area contributed by atoms with Crippen molar-refractivity contribution in [3.8, 4) is 5.75 Å². The molecule has 150 valence electrons. The third-order valence-corrected chi connectivity index (χ3v) is 3.51. The zero-order chi connectivity index (χ0) is 20.9. The normalized spacial score (nSPS) is 14.2. The van der Waals surface area contributed by atoms with Crippen molar-refractivity contribution in [2.24, 2.45) is 0 Å². The summed E-state index contributed by atoms with van der Waals surface area (Å²) < 4.78 is 65.5. The van der Waals surface area contributed by atoms with Gasteiger partial charge in [-0.2, -0.15) is 17.6 Å². The van der Waals surface area contributed by atoms with Crippen LogP contribution in [0.1, 0.15) is 0 Å². The van der Waals surface area contributed by atoms with Crippen LogP contribution in [0, 0.1) is 0 Å². The molecule has 2 rings (SSSR count). The highest BCUT2D eigenvalue weighted by atomic mass is 19.3. The summed E-state index contributed by atoms with van der Waals surface area (Å²) in [4.78, 5) is 25.4. The van der Waals surface area contributed by atoms with E-state index in [0.29, 0.717) is 0 Å². The van der Waals surface area contributed by atoms with Crippen LogP contribution in [-0.2, 0) is 19.1 Å². The minimum absolute atomic E-state index is 0.204. The van der Waals surface area contributed by atoms with Crippen LogP contribution >= 0.6 is 0 Å². The topological polar surface area (TPSA) is 65.1 Å². The molecule has 0 aliphatic carbocycles. The lowest BCUT2D eigenvalue weighted by Crippen LogP contribution is -2.34. The summed E-state index contributed by atoms with van der Waals surface area (Å²) in [6.45, 7) is 0. The number of carbonyl (C=O) groups is 2. The second kappa shape index (κ2) is 8.59. The molecule has 1 aliphatic heterocycles. The van der Waals surface area contributed by atoms with Crippen LogP contribution in [0.3, 0.4) is 0 Å². The zero-order valence-corrected chi connectivity index (χ0v) is 14.7. The second-order valence-electron chi connectivity index (χ2n) is 5.25. The van der Waals surface area contributed by atoms with Crippen LogP contribution in [0.5, 0.6) is 5.75 Å². The third-order valence-electron chi connectivity index (χ3n) is 3.51. The number of rotatable bonds is 6. The number of methoxy groups -OCH3 is 2. The minimum Gasteiger partial charge on any atom is -0.465 e. The molecule has 0 amide bonds. The van der Waals surface area contributed by atoms with E-state index >= 15 is 0 Å². The molecule has 0 saturated heterocycles. The highest BCUT2D eigenvalue weighted by Gasteiger charge is 2.44. The first-order chi connectivity index (χ1) is 13.2. The van der Waals surface area contributed by atoms with Gasteiger partial charge in [0.05, 0.1) is 25.5 Å². The van der Waals surface area contributed by atoms with Crippen LogP contribution in [-0.4, -0.2) is 38.7 Å². The first-order valence-corrected chi connectivity index (χ1v) is 7.72. The van der Waals surface area contributed by atoms with Crippen molar-refractivity contribution in [2.75, 3.05) is 19.1 Å². The Labute approximate surface area is 157 Å². The van der Waals surface area contributed by atoms with Gasteiger partial charge in [0.15, 0.2) is 5.75 Å². The third kappa shape index (κ3) is 4.33. The Bertz CT molecular complexity index is 848. The Morgan fingerprint density at radius 3 is 2.29 bits per heavy atom. The molecule has 28 heavy (non-hydrogen) atoms. The van der Waals surface area contributed by atoms with Crippen molar-refractivity contribution in [2.45, 2.75) is 12.5 Å². The van der Waals surface area contributed by atoms with Crippen molar-refractivity contribution >= 4 is 17.6 Å². The highest BCUT2D eigenvalue weighted by Crippen LogP contribution is 2.37. The summed E-state index contributed by atoms with van der Waals surface area (Å²) in [7, 11) is 2.13. The van der Waals surface area contributed by atoms with E-state index in [-0.39, 0.29) is 17.0 Å². The van der Waals surface area contributed by atoms with Gasteiger partial charge in [0.25, 0.3) is 0 Å². The Hall–Kier alpha value is -3.30. The van der Waals surface area contributed by atoms with E-state index in [0.717, 1.165) is 25.2 Å². The number of anilines is 1. The highest BCUT2D eigenvalue weighted by molar-refractivity contribution is 6.05. The molecule has 0 radical (unpaired) electrons. The van der Waals surface area contributed by atoms with E-state index in [1.807, 2.05) is 0 Å². The van der Waals surface area contributed by atoms with Gasteiger partial charge in [-0.05, 0) is 24.3 Å². The fraction of sp³-hybridized carbons (Fsp3) is 0.222. The lowest BCUT2D eigenvalue weighted by molar-refractivity contribution is -0.252. The van der Waals surface area contributed by atoms with Crippen molar-refractivity contribution < 1.29 is 41.4 Å². The zero-order valence-electron chi connectivity index (χ0n) is 14.7. The average molecular weight is 401 g/mol. The number of para-hydroxylation sites is 2. The van der Waals surface area contributed by atoms with Crippen LogP contribution in [0.4, 0.5) is 23.2 Å². The van der Waals surface area contributed by atoms with Gasteiger partial charge in [0, 0.05) is 6.20 Å². The first-order valence-electron chi connectivity index (χ1n) is 7.72. The van der Waals surface area contributed by atoms with E-state index in [1.54, 1.807) is 0 Å². The second-order valence-corrected chi connectivity index (χ2v) is 5.25. The monoisotopic (exact) mass is 401 g/mol. The molecule has 10 heteroatoms. The van der Waals surface area contributed by atoms with E-state index < -0.39 is 30.2 Å². The number of ether oxygens (including phenoxy) is 3. The Balaban J connectivity index is 2.65. The molecule has 0 N–H and O–H groups in total. The van der Waals surface area contributed by atoms with Crippen LogP contribution in [0.15, 0.2) is 60.0 Å². The number of carbonyl (C=O) groups excluding carboxylic acids is 2. The van der Waals surface area contributed by atoms with E-state index in [1.165, 1.54) is 42.6 Å². The number of allylic oxidation sites excluding steroid dienone is 2. The van der Waals surface area contributed by atoms with E-state index in [2.05, 4.69) is 14.2 Å². The molecule has 0 saturated carbocycles. The Morgan fingerprint density at radius 1 is 1.04 bits per heavy atom.